The molecule has 4 rings (SSSR count). The van der Waals surface area contributed by atoms with E-state index in [1.807, 2.05) is 24.8 Å². The highest BCUT2D eigenvalue weighted by Gasteiger charge is 2.27. The number of thiazole rings is 1. The molecule has 0 spiro atoms. The van der Waals surface area contributed by atoms with Crippen molar-refractivity contribution in [1.82, 2.24) is 19.9 Å². The summed E-state index contributed by atoms with van der Waals surface area (Å²) in [6.07, 6.45) is 3.05. The van der Waals surface area contributed by atoms with E-state index < -0.39 is 0 Å². The number of aromatic nitrogens is 3. The van der Waals surface area contributed by atoms with Gasteiger partial charge >= 0.3 is 0 Å². The third kappa shape index (κ3) is 5.17. The van der Waals surface area contributed by atoms with Crippen molar-refractivity contribution in [3.05, 3.63) is 45.5 Å². The lowest BCUT2D eigenvalue weighted by Crippen LogP contribution is -2.43. The van der Waals surface area contributed by atoms with Gasteiger partial charge in [-0.25, -0.2) is 4.98 Å². The highest BCUT2D eigenvalue weighted by atomic mass is 35.5. The zero-order valence-corrected chi connectivity index (χ0v) is 20.0. The summed E-state index contributed by atoms with van der Waals surface area (Å²) < 4.78 is 1.66. The molecule has 33 heavy (non-hydrogen) atoms. The van der Waals surface area contributed by atoms with Crippen LogP contribution < -0.4 is 21.1 Å². The van der Waals surface area contributed by atoms with E-state index in [1.165, 1.54) is 22.2 Å². The van der Waals surface area contributed by atoms with Crippen molar-refractivity contribution in [3.63, 3.8) is 0 Å². The first-order chi connectivity index (χ1) is 15.9. The van der Waals surface area contributed by atoms with Gasteiger partial charge in [-0.05, 0) is 44.4 Å². The Morgan fingerprint density at radius 2 is 2.15 bits per heavy atom. The van der Waals surface area contributed by atoms with Gasteiger partial charge in [0.1, 0.15) is 17.6 Å². The fraction of sp³-hybridized carbons (Fsp3) is 0.409. The SMILES string of the molecule is CCNC(=O)C1CCCN(c2nc3ncn(CC(=O)Nc4cc(Cl)ccc4C)c(=O)c3s2)C1. The number of piperidine rings is 1. The minimum atomic E-state index is -0.353. The summed E-state index contributed by atoms with van der Waals surface area (Å²) in [5.74, 6) is -0.409. The topological polar surface area (TPSA) is 109 Å². The minimum absolute atomic E-state index is 0.0461. The smallest absolute Gasteiger partial charge is 0.273 e. The van der Waals surface area contributed by atoms with Crippen LogP contribution in [0.15, 0.2) is 29.3 Å². The fourth-order valence-corrected chi connectivity index (χ4v) is 5.02. The number of benzene rings is 1. The highest BCUT2D eigenvalue weighted by molar-refractivity contribution is 7.22. The minimum Gasteiger partial charge on any atom is -0.356 e. The van der Waals surface area contributed by atoms with Gasteiger partial charge < -0.3 is 15.5 Å². The molecule has 0 radical (unpaired) electrons. The molecule has 1 fully saturated rings. The Kier molecular flexibility index (Phi) is 6.94. The maximum Gasteiger partial charge on any atom is 0.273 e. The maximum atomic E-state index is 13.0. The van der Waals surface area contributed by atoms with Gasteiger partial charge in [-0.15, -0.1) is 0 Å². The lowest BCUT2D eigenvalue weighted by Gasteiger charge is -2.31. The van der Waals surface area contributed by atoms with Crippen LogP contribution in [0.2, 0.25) is 5.02 Å². The zero-order valence-electron chi connectivity index (χ0n) is 18.4. The lowest BCUT2D eigenvalue weighted by molar-refractivity contribution is -0.125. The summed E-state index contributed by atoms with van der Waals surface area (Å²) in [6, 6.07) is 5.23. The fourth-order valence-electron chi connectivity index (χ4n) is 3.84. The molecule has 2 aromatic heterocycles. The molecule has 1 atom stereocenters. The zero-order chi connectivity index (χ0) is 23.5. The normalized spacial score (nSPS) is 16.1. The first-order valence-electron chi connectivity index (χ1n) is 10.8. The van der Waals surface area contributed by atoms with Crippen molar-refractivity contribution in [2.75, 3.05) is 29.9 Å². The summed E-state index contributed by atoms with van der Waals surface area (Å²) in [5.41, 5.74) is 1.50. The van der Waals surface area contributed by atoms with Crippen molar-refractivity contribution >= 4 is 55.9 Å². The van der Waals surface area contributed by atoms with Crippen LogP contribution in [0.4, 0.5) is 10.8 Å². The summed E-state index contributed by atoms with van der Waals surface area (Å²) >= 11 is 7.26. The molecule has 3 aromatic rings. The Morgan fingerprint density at radius 1 is 1.33 bits per heavy atom. The molecular formula is C22H25ClN6O3S. The summed E-state index contributed by atoms with van der Waals surface area (Å²) in [7, 11) is 0. The highest BCUT2D eigenvalue weighted by Crippen LogP contribution is 2.29. The van der Waals surface area contributed by atoms with Crippen LogP contribution >= 0.6 is 22.9 Å². The van der Waals surface area contributed by atoms with Crippen LogP contribution in [0, 0.1) is 12.8 Å². The summed E-state index contributed by atoms with van der Waals surface area (Å²) in [6.45, 7) is 5.52. The predicted octanol–water partition coefficient (Wildman–Crippen LogP) is 2.81. The number of amides is 2. The van der Waals surface area contributed by atoms with E-state index >= 15 is 0 Å². The average Bonchev–Trinajstić information content (AvgIpc) is 3.24. The van der Waals surface area contributed by atoms with E-state index in [2.05, 4.69) is 20.6 Å². The Labute approximate surface area is 199 Å². The van der Waals surface area contributed by atoms with Crippen LogP contribution in [0.1, 0.15) is 25.3 Å². The monoisotopic (exact) mass is 488 g/mol. The van der Waals surface area contributed by atoms with Crippen LogP contribution in [-0.4, -0.2) is 46.0 Å². The second-order valence-electron chi connectivity index (χ2n) is 8.01. The molecule has 2 amide bonds. The molecule has 3 heterocycles. The van der Waals surface area contributed by atoms with Gasteiger partial charge in [0, 0.05) is 30.3 Å². The molecule has 0 saturated carbocycles. The molecule has 0 aliphatic carbocycles. The number of hydrogen-bond donors (Lipinski definition) is 2. The molecule has 174 valence electrons. The Balaban J connectivity index is 1.51. The number of carbonyl (C=O) groups is 2. The standard InChI is InChI=1S/C22H25ClN6O3S/c1-3-24-20(31)14-5-4-8-28(10-14)22-27-19-18(33-22)21(32)29(12-25-19)11-17(30)26-16-9-15(23)7-6-13(16)2/h6-7,9,12,14H,3-5,8,10-11H2,1-2H3,(H,24,31)(H,26,30). The Morgan fingerprint density at radius 3 is 2.94 bits per heavy atom. The van der Waals surface area contributed by atoms with Crippen LogP contribution in [0.5, 0.6) is 0 Å². The number of nitrogens with one attached hydrogen (secondary N) is 2. The molecule has 1 aliphatic rings. The number of rotatable bonds is 6. The third-order valence-corrected chi connectivity index (χ3v) is 6.90. The molecule has 11 heteroatoms. The number of nitrogens with zero attached hydrogens (tertiary/aromatic N) is 4. The number of fused-ring (bicyclic) bond motifs is 1. The van der Waals surface area contributed by atoms with Gasteiger partial charge in [0.05, 0.1) is 5.92 Å². The number of aryl methyl sites for hydroxylation is 1. The molecule has 2 N–H and O–H groups in total. The molecule has 1 saturated heterocycles. The number of carbonyl (C=O) groups excluding carboxylic acids is 2. The summed E-state index contributed by atoms with van der Waals surface area (Å²) in [4.78, 5) is 48.6. The van der Waals surface area contributed by atoms with Crippen molar-refractivity contribution in [3.8, 4) is 0 Å². The van der Waals surface area contributed by atoms with E-state index in [9.17, 15) is 14.4 Å². The first-order valence-corrected chi connectivity index (χ1v) is 12.0. The molecular weight excluding hydrogens is 464 g/mol. The van der Waals surface area contributed by atoms with Gasteiger partial charge in [-0.3, -0.25) is 19.0 Å². The van der Waals surface area contributed by atoms with Crippen molar-refractivity contribution in [1.29, 1.82) is 0 Å². The largest absolute Gasteiger partial charge is 0.356 e. The number of anilines is 2. The van der Waals surface area contributed by atoms with E-state index in [-0.39, 0.29) is 29.8 Å². The van der Waals surface area contributed by atoms with Crippen LogP contribution in [0.25, 0.3) is 10.3 Å². The quantitative estimate of drug-likeness (QED) is 0.552. The van der Waals surface area contributed by atoms with Crippen LogP contribution in [0.3, 0.4) is 0 Å². The van der Waals surface area contributed by atoms with Gasteiger partial charge in [-0.1, -0.05) is 29.0 Å². The molecule has 0 bridgehead atoms. The van der Waals surface area contributed by atoms with E-state index in [0.717, 1.165) is 24.9 Å². The average molecular weight is 489 g/mol. The van der Waals surface area contributed by atoms with Gasteiger partial charge in [0.15, 0.2) is 10.8 Å². The van der Waals surface area contributed by atoms with Crippen molar-refractivity contribution in [2.24, 2.45) is 5.92 Å². The molecule has 1 aromatic carbocycles. The summed E-state index contributed by atoms with van der Waals surface area (Å²) in [5, 5.41) is 6.85. The van der Waals surface area contributed by atoms with E-state index in [0.29, 0.717) is 39.3 Å². The maximum absolute atomic E-state index is 13.0. The Hall–Kier alpha value is -2.98. The van der Waals surface area contributed by atoms with Gasteiger partial charge in [0.2, 0.25) is 11.8 Å². The lowest BCUT2D eigenvalue weighted by atomic mass is 9.97. The third-order valence-electron chi connectivity index (χ3n) is 5.57. The molecule has 1 unspecified atom stereocenters. The van der Waals surface area contributed by atoms with Crippen LogP contribution in [-0.2, 0) is 16.1 Å². The van der Waals surface area contributed by atoms with Gasteiger partial charge in [0.25, 0.3) is 5.56 Å². The van der Waals surface area contributed by atoms with Crippen molar-refractivity contribution in [2.45, 2.75) is 33.2 Å². The molecule has 9 nitrogen and oxygen atoms in total. The number of hydrogen-bond acceptors (Lipinski definition) is 7. The second-order valence-corrected chi connectivity index (χ2v) is 9.43. The van der Waals surface area contributed by atoms with Crippen molar-refractivity contribution < 1.29 is 9.59 Å². The Bertz CT molecular complexity index is 1260. The molecule has 1 aliphatic heterocycles. The predicted molar refractivity (Wildman–Crippen MR) is 130 cm³/mol. The first kappa shape index (κ1) is 23.2. The second kappa shape index (κ2) is 9.88. The van der Waals surface area contributed by atoms with E-state index in [1.54, 1.807) is 12.1 Å². The van der Waals surface area contributed by atoms with E-state index in [4.69, 9.17) is 11.6 Å². The number of halogens is 1. The van der Waals surface area contributed by atoms with Gasteiger partial charge in [-0.2, -0.15) is 4.98 Å².